The summed E-state index contributed by atoms with van der Waals surface area (Å²) in [5.41, 5.74) is 0.0889. The molecule has 2 saturated heterocycles. The molecule has 8 nitrogen and oxygen atoms in total. The van der Waals surface area contributed by atoms with Crippen molar-refractivity contribution in [2.45, 2.75) is 69.3 Å². The highest BCUT2D eigenvalue weighted by atomic mass is 19.1. The van der Waals surface area contributed by atoms with E-state index in [1.807, 2.05) is 18.9 Å². The van der Waals surface area contributed by atoms with Gasteiger partial charge in [-0.1, -0.05) is 13.0 Å². The monoisotopic (exact) mass is 591 g/mol. The number of hydrogen-bond acceptors (Lipinski definition) is 8. The van der Waals surface area contributed by atoms with Crippen LogP contribution < -0.4 is 14.4 Å². The van der Waals surface area contributed by atoms with Crippen molar-refractivity contribution >= 4 is 27.5 Å². The number of benzene rings is 2. The number of aromatic nitrogens is 3. The molecule has 3 fully saturated rings. The van der Waals surface area contributed by atoms with Crippen LogP contribution in [0.25, 0.3) is 32.9 Å². The number of halogens is 3. The molecule has 4 aromatic rings. The fraction of sp³-hybridized carbons (Fsp3) is 0.469. The van der Waals surface area contributed by atoms with Crippen LogP contribution in [0.1, 0.15) is 44.6 Å². The first-order chi connectivity index (χ1) is 20.8. The Labute approximate surface area is 246 Å². The lowest BCUT2D eigenvalue weighted by atomic mass is 9.88. The number of hydrogen-bond donors (Lipinski definition) is 1. The molecule has 0 spiro atoms. The van der Waals surface area contributed by atoms with E-state index in [9.17, 15) is 13.9 Å². The van der Waals surface area contributed by atoms with Crippen molar-refractivity contribution in [2.75, 3.05) is 31.6 Å². The summed E-state index contributed by atoms with van der Waals surface area (Å²) in [4.78, 5) is 18.1. The molecule has 0 radical (unpaired) electrons. The highest BCUT2D eigenvalue weighted by Crippen LogP contribution is 2.46. The Morgan fingerprint density at radius 3 is 2.79 bits per heavy atom. The summed E-state index contributed by atoms with van der Waals surface area (Å²) in [6.45, 7) is 3.24. The standard InChI is InChI=1S/C32H32F3N5O3/c1-3-19-21(34)6-5-16-11-18(41)12-20(24(16)19)27-26(35)28-25-29(39(2)22-7-8-23(22)43-30(25)36-27)38-31(37-28)42-15-32-9-4-10-40(32)14-17(33)13-32/h5-6,11-12,17,22-23,41H,3-4,7-10,13-15H2,1-2H3/t17-,22?,23?,32+/m1/s1. The number of aryl methyl sites for hydroxylation is 1. The summed E-state index contributed by atoms with van der Waals surface area (Å²) in [6, 6.07) is 5.86. The second kappa shape index (κ2) is 9.57. The van der Waals surface area contributed by atoms with E-state index in [2.05, 4.69) is 14.9 Å². The van der Waals surface area contributed by atoms with E-state index in [1.54, 1.807) is 6.07 Å². The number of ether oxygens (including phenoxy) is 2. The summed E-state index contributed by atoms with van der Waals surface area (Å²) in [5, 5.41) is 12.0. The number of likely N-dealkylation sites (N-methyl/N-ethyl adjacent to an activating group) is 1. The van der Waals surface area contributed by atoms with Gasteiger partial charge < -0.3 is 19.5 Å². The van der Waals surface area contributed by atoms with Crippen LogP contribution in [-0.2, 0) is 6.42 Å². The minimum Gasteiger partial charge on any atom is -0.508 e. The minimum absolute atomic E-state index is 0.00119. The molecular weight excluding hydrogens is 559 g/mol. The van der Waals surface area contributed by atoms with Gasteiger partial charge in [-0.05, 0) is 73.2 Å². The third kappa shape index (κ3) is 3.96. The molecule has 11 heteroatoms. The average Bonchev–Trinajstić information content (AvgIpc) is 3.48. The van der Waals surface area contributed by atoms with Gasteiger partial charge in [0.05, 0.1) is 11.6 Å². The summed E-state index contributed by atoms with van der Waals surface area (Å²) in [6.07, 6.45) is 3.13. The van der Waals surface area contributed by atoms with E-state index in [1.165, 1.54) is 18.2 Å². The smallest absolute Gasteiger partial charge is 0.319 e. The van der Waals surface area contributed by atoms with Gasteiger partial charge in [-0.25, -0.2) is 18.2 Å². The molecule has 8 rings (SSSR count). The highest BCUT2D eigenvalue weighted by Gasteiger charge is 2.49. The van der Waals surface area contributed by atoms with Crippen molar-refractivity contribution in [1.29, 1.82) is 0 Å². The highest BCUT2D eigenvalue weighted by molar-refractivity contribution is 6.03. The lowest BCUT2D eigenvalue weighted by molar-refractivity contribution is 0.0903. The van der Waals surface area contributed by atoms with Gasteiger partial charge in [-0.2, -0.15) is 9.97 Å². The Morgan fingerprint density at radius 1 is 1.14 bits per heavy atom. The fourth-order valence-corrected chi connectivity index (χ4v) is 7.70. The van der Waals surface area contributed by atoms with E-state index in [4.69, 9.17) is 14.5 Å². The van der Waals surface area contributed by atoms with Crippen LogP contribution in [0.15, 0.2) is 24.3 Å². The molecule has 4 aliphatic rings. The van der Waals surface area contributed by atoms with E-state index < -0.39 is 23.3 Å². The summed E-state index contributed by atoms with van der Waals surface area (Å²) in [5.74, 6) is -0.619. The maximum absolute atomic E-state index is 16.8. The molecule has 1 aliphatic carbocycles. The van der Waals surface area contributed by atoms with Crippen molar-refractivity contribution in [2.24, 2.45) is 0 Å². The molecule has 43 heavy (non-hydrogen) atoms. The number of phenols is 1. The van der Waals surface area contributed by atoms with Crippen LogP contribution in [0.5, 0.6) is 17.6 Å². The van der Waals surface area contributed by atoms with Gasteiger partial charge in [0.15, 0.2) is 5.82 Å². The van der Waals surface area contributed by atoms with Gasteiger partial charge in [-0.3, -0.25) is 4.90 Å². The second-order valence-corrected chi connectivity index (χ2v) is 12.4. The number of alkyl halides is 1. The molecule has 3 aliphatic heterocycles. The topological polar surface area (TPSA) is 83.8 Å². The van der Waals surface area contributed by atoms with Crippen molar-refractivity contribution in [1.82, 2.24) is 19.9 Å². The third-order valence-corrected chi connectivity index (χ3v) is 9.98. The van der Waals surface area contributed by atoms with Gasteiger partial charge in [0.1, 0.15) is 52.9 Å². The van der Waals surface area contributed by atoms with Crippen LogP contribution in [0.3, 0.4) is 0 Å². The van der Waals surface area contributed by atoms with E-state index in [0.29, 0.717) is 46.9 Å². The molecule has 4 atom stereocenters. The van der Waals surface area contributed by atoms with Gasteiger partial charge in [0.25, 0.3) is 0 Å². The zero-order valence-corrected chi connectivity index (χ0v) is 24.0. The van der Waals surface area contributed by atoms with Gasteiger partial charge in [0.2, 0.25) is 5.88 Å². The zero-order chi connectivity index (χ0) is 29.6. The van der Waals surface area contributed by atoms with Gasteiger partial charge in [0, 0.05) is 25.6 Å². The number of fused-ring (bicyclic) bond motifs is 3. The quantitative estimate of drug-likeness (QED) is 0.316. The zero-order valence-electron chi connectivity index (χ0n) is 24.0. The van der Waals surface area contributed by atoms with Gasteiger partial charge in [-0.15, -0.1) is 0 Å². The van der Waals surface area contributed by atoms with Crippen molar-refractivity contribution in [3.63, 3.8) is 0 Å². The van der Waals surface area contributed by atoms with E-state index in [-0.39, 0.29) is 53.2 Å². The number of rotatable bonds is 5. The molecule has 0 amide bonds. The molecule has 2 aromatic carbocycles. The molecule has 1 N–H and O–H groups in total. The number of phenolic OH excluding ortho intramolecular Hbond substituents is 1. The molecule has 5 heterocycles. The number of aromatic hydroxyl groups is 1. The van der Waals surface area contributed by atoms with Crippen LogP contribution >= 0.6 is 0 Å². The summed E-state index contributed by atoms with van der Waals surface area (Å²) < 4.78 is 58.8. The maximum Gasteiger partial charge on any atom is 0.319 e. The van der Waals surface area contributed by atoms with Gasteiger partial charge >= 0.3 is 6.01 Å². The average molecular weight is 592 g/mol. The summed E-state index contributed by atoms with van der Waals surface area (Å²) in [7, 11) is 1.90. The Morgan fingerprint density at radius 2 is 2.00 bits per heavy atom. The SMILES string of the molecule is CCc1c(F)ccc2cc(O)cc(-c3nc4c5c(nc(OC[C@@]67CCCN6C[C@H](F)C7)nc5c3F)N(C)C3CCC3O4)c12. The van der Waals surface area contributed by atoms with Crippen LogP contribution in [0.4, 0.5) is 19.0 Å². The first kappa shape index (κ1) is 26.7. The van der Waals surface area contributed by atoms with Crippen LogP contribution in [-0.4, -0.2) is 75.6 Å². The molecule has 2 aromatic heterocycles. The Bertz CT molecular complexity index is 1800. The van der Waals surface area contributed by atoms with Crippen molar-refractivity contribution < 1.29 is 27.8 Å². The van der Waals surface area contributed by atoms with Crippen LogP contribution in [0.2, 0.25) is 0 Å². The molecule has 0 bridgehead atoms. The molecule has 224 valence electrons. The fourth-order valence-electron chi connectivity index (χ4n) is 7.70. The minimum atomic E-state index is -0.909. The van der Waals surface area contributed by atoms with E-state index in [0.717, 1.165) is 32.2 Å². The first-order valence-electron chi connectivity index (χ1n) is 15.0. The Balaban J connectivity index is 1.33. The lowest BCUT2D eigenvalue weighted by Gasteiger charge is -2.40. The first-order valence-corrected chi connectivity index (χ1v) is 15.0. The number of pyridine rings is 1. The summed E-state index contributed by atoms with van der Waals surface area (Å²) >= 11 is 0. The number of nitrogens with zero attached hydrogens (tertiary/aromatic N) is 5. The number of anilines is 1. The lowest BCUT2D eigenvalue weighted by Crippen LogP contribution is -2.51. The van der Waals surface area contributed by atoms with Crippen LogP contribution in [0, 0.1) is 11.6 Å². The molecule has 2 unspecified atom stereocenters. The Kier molecular flexibility index (Phi) is 5.95. The predicted octanol–water partition coefficient (Wildman–Crippen LogP) is 5.71. The molecular formula is C32H32F3N5O3. The maximum atomic E-state index is 16.8. The largest absolute Gasteiger partial charge is 0.508 e. The second-order valence-electron chi connectivity index (χ2n) is 12.4. The van der Waals surface area contributed by atoms with Crippen molar-refractivity contribution in [3.8, 4) is 28.9 Å². The third-order valence-electron chi connectivity index (χ3n) is 9.98. The normalized spacial score (nSPS) is 26.3. The van der Waals surface area contributed by atoms with Crippen molar-refractivity contribution in [3.05, 3.63) is 41.5 Å². The molecule has 1 saturated carbocycles. The Hall–Kier alpha value is -3.86. The van der Waals surface area contributed by atoms with E-state index >= 15 is 4.39 Å². The predicted molar refractivity (Wildman–Crippen MR) is 156 cm³/mol.